The van der Waals surface area contributed by atoms with Crippen molar-refractivity contribution < 1.29 is 4.79 Å². The molecule has 0 unspecified atom stereocenters. The number of imidazole rings is 1. The van der Waals surface area contributed by atoms with Gasteiger partial charge in [0, 0.05) is 17.9 Å². The zero-order valence-corrected chi connectivity index (χ0v) is 14.8. The third kappa shape index (κ3) is 2.35. The molecule has 4 aromatic rings. The van der Waals surface area contributed by atoms with E-state index in [0.29, 0.717) is 34.8 Å². The van der Waals surface area contributed by atoms with Crippen molar-refractivity contribution in [2.45, 2.75) is 19.3 Å². The normalized spacial score (nSPS) is 15.9. The Hall–Kier alpha value is -4.06. The number of aryl methyl sites for hydroxylation is 1. The maximum atomic E-state index is 12.5. The minimum atomic E-state index is -0.149. The molecule has 0 bridgehead atoms. The molecular weight excluding hydrogens is 356 g/mol. The van der Waals surface area contributed by atoms with Crippen molar-refractivity contribution in [1.29, 1.82) is 5.26 Å². The predicted octanol–water partition coefficient (Wildman–Crippen LogP) is 2.19. The molecule has 1 aliphatic heterocycles. The number of hydrogen-bond acceptors (Lipinski definition) is 6. The average molecular weight is 370 g/mol. The maximum Gasteiger partial charge on any atom is 0.226 e. The fraction of sp³-hybridized carbons (Fsp3) is 0.158. The summed E-state index contributed by atoms with van der Waals surface area (Å²) < 4.78 is 1.63. The number of fused-ring (bicyclic) bond motifs is 2. The van der Waals surface area contributed by atoms with Crippen molar-refractivity contribution in [2.75, 3.05) is 5.32 Å². The highest BCUT2D eigenvalue weighted by Crippen LogP contribution is 2.40. The van der Waals surface area contributed by atoms with Crippen LogP contribution in [0.1, 0.15) is 34.7 Å². The van der Waals surface area contributed by atoms with Gasteiger partial charge in [0.2, 0.25) is 5.91 Å². The van der Waals surface area contributed by atoms with Crippen molar-refractivity contribution in [2.24, 2.45) is 0 Å². The molecule has 1 aliphatic rings. The molecule has 3 aromatic heterocycles. The molecule has 0 spiro atoms. The van der Waals surface area contributed by atoms with Crippen LogP contribution in [0.2, 0.25) is 0 Å². The van der Waals surface area contributed by atoms with Gasteiger partial charge in [0.1, 0.15) is 17.7 Å². The largest absolute Gasteiger partial charge is 0.340 e. The Morgan fingerprint density at radius 3 is 2.82 bits per heavy atom. The summed E-state index contributed by atoms with van der Waals surface area (Å²) in [5.41, 5.74) is 4.46. The van der Waals surface area contributed by atoms with E-state index in [1.165, 1.54) is 6.33 Å². The number of anilines is 1. The molecule has 9 nitrogen and oxygen atoms in total. The molecule has 1 atom stereocenters. The lowest BCUT2D eigenvalue weighted by molar-refractivity contribution is -0.116. The molecule has 0 saturated heterocycles. The van der Waals surface area contributed by atoms with Crippen LogP contribution in [-0.2, 0) is 4.79 Å². The van der Waals surface area contributed by atoms with Crippen LogP contribution in [0.5, 0.6) is 0 Å². The van der Waals surface area contributed by atoms with Gasteiger partial charge >= 0.3 is 0 Å². The number of nitriles is 1. The molecule has 2 N–H and O–H groups in total. The molecule has 0 fully saturated rings. The Morgan fingerprint density at radius 2 is 2.04 bits per heavy atom. The average Bonchev–Trinajstić information content (AvgIpc) is 3.32. The Bertz CT molecular complexity index is 1260. The number of carbonyl (C=O) groups is 1. The van der Waals surface area contributed by atoms with Gasteiger partial charge in [-0.15, -0.1) is 0 Å². The lowest BCUT2D eigenvalue weighted by atomic mass is 9.85. The highest BCUT2D eigenvalue weighted by Gasteiger charge is 2.33. The molecule has 5 rings (SSSR count). The Balaban J connectivity index is 1.69. The minimum absolute atomic E-state index is 0.0991. The van der Waals surface area contributed by atoms with E-state index in [1.54, 1.807) is 23.1 Å². The minimum Gasteiger partial charge on any atom is -0.340 e. The quantitative estimate of drug-likeness (QED) is 0.557. The summed E-state index contributed by atoms with van der Waals surface area (Å²) >= 11 is 0. The SMILES string of the molecule is Cc1nn(-c2ncnc3nc[nH]c23)c2c1[C@@H](c1ccc(C#N)cc1)CC(=O)N2. The van der Waals surface area contributed by atoms with Crippen LogP contribution < -0.4 is 5.32 Å². The molecule has 1 aromatic carbocycles. The number of nitrogens with one attached hydrogen (secondary N) is 2. The number of nitrogens with zero attached hydrogens (tertiary/aromatic N) is 6. The molecule has 4 heterocycles. The number of carbonyl (C=O) groups excluding carboxylic acids is 1. The third-order valence-electron chi connectivity index (χ3n) is 4.95. The van der Waals surface area contributed by atoms with Gasteiger partial charge in [-0.3, -0.25) is 4.79 Å². The van der Waals surface area contributed by atoms with Gasteiger partial charge in [0.25, 0.3) is 0 Å². The summed E-state index contributed by atoms with van der Waals surface area (Å²) in [6, 6.07) is 9.42. The summed E-state index contributed by atoms with van der Waals surface area (Å²) in [6.45, 7) is 1.91. The lowest BCUT2D eigenvalue weighted by Crippen LogP contribution is -2.25. The van der Waals surface area contributed by atoms with Gasteiger partial charge in [-0.05, 0) is 24.6 Å². The molecule has 1 amide bonds. The van der Waals surface area contributed by atoms with Crippen LogP contribution >= 0.6 is 0 Å². The van der Waals surface area contributed by atoms with E-state index < -0.39 is 0 Å². The standard InChI is InChI=1S/C19H14N8O/c1-10-15-13(12-4-2-11(7-20)3-5-12)6-14(28)25-18(15)27(26-10)19-16-17(22-8-21-16)23-9-24-19/h2-5,8-9,13H,6H2,1H3,(H,25,28)(H,21,22,23,24)/t13-/m1/s1. The van der Waals surface area contributed by atoms with Crippen molar-refractivity contribution in [1.82, 2.24) is 29.7 Å². The number of H-pyrrole nitrogens is 1. The number of hydrogen-bond donors (Lipinski definition) is 2. The first-order valence-electron chi connectivity index (χ1n) is 8.69. The highest BCUT2D eigenvalue weighted by atomic mass is 16.1. The fourth-order valence-electron chi connectivity index (χ4n) is 3.69. The predicted molar refractivity (Wildman–Crippen MR) is 99.8 cm³/mol. The van der Waals surface area contributed by atoms with Crippen molar-refractivity contribution in [3.05, 3.63) is 59.3 Å². The van der Waals surface area contributed by atoms with E-state index in [2.05, 4.69) is 36.4 Å². The van der Waals surface area contributed by atoms with E-state index in [9.17, 15) is 4.79 Å². The van der Waals surface area contributed by atoms with Crippen LogP contribution in [0.4, 0.5) is 5.82 Å². The van der Waals surface area contributed by atoms with E-state index >= 15 is 0 Å². The Labute approximate surface area is 159 Å². The van der Waals surface area contributed by atoms with Crippen molar-refractivity contribution in [3.63, 3.8) is 0 Å². The third-order valence-corrected chi connectivity index (χ3v) is 4.95. The first-order chi connectivity index (χ1) is 13.7. The number of aromatic nitrogens is 6. The molecule has 9 heteroatoms. The summed E-state index contributed by atoms with van der Waals surface area (Å²) in [4.78, 5) is 28.1. The lowest BCUT2D eigenvalue weighted by Gasteiger charge is -2.24. The molecule has 0 radical (unpaired) electrons. The second kappa shape index (κ2) is 5.99. The van der Waals surface area contributed by atoms with E-state index in [-0.39, 0.29) is 11.8 Å². The topological polar surface area (TPSA) is 125 Å². The van der Waals surface area contributed by atoms with E-state index in [4.69, 9.17) is 5.26 Å². The second-order valence-corrected chi connectivity index (χ2v) is 6.60. The van der Waals surface area contributed by atoms with Crippen LogP contribution in [0.15, 0.2) is 36.9 Å². The van der Waals surface area contributed by atoms with Gasteiger partial charge in [0.05, 0.1) is 23.7 Å². The zero-order valence-electron chi connectivity index (χ0n) is 14.8. The van der Waals surface area contributed by atoms with Gasteiger partial charge in [0.15, 0.2) is 11.5 Å². The highest BCUT2D eigenvalue weighted by molar-refractivity contribution is 5.95. The van der Waals surface area contributed by atoms with E-state index in [0.717, 1.165) is 16.8 Å². The number of amides is 1. The number of benzene rings is 1. The van der Waals surface area contributed by atoms with Crippen LogP contribution in [0, 0.1) is 18.3 Å². The van der Waals surface area contributed by atoms with Gasteiger partial charge in [-0.1, -0.05) is 12.1 Å². The monoisotopic (exact) mass is 370 g/mol. The molecule has 28 heavy (non-hydrogen) atoms. The van der Waals surface area contributed by atoms with Crippen LogP contribution in [0.3, 0.4) is 0 Å². The maximum absolute atomic E-state index is 12.5. The molecule has 0 saturated carbocycles. The second-order valence-electron chi connectivity index (χ2n) is 6.60. The first kappa shape index (κ1) is 16.1. The summed E-state index contributed by atoms with van der Waals surface area (Å²) in [5, 5.41) is 16.6. The van der Waals surface area contributed by atoms with Crippen LogP contribution in [-0.4, -0.2) is 35.6 Å². The summed E-state index contributed by atoms with van der Waals surface area (Å²) in [7, 11) is 0. The van der Waals surface area contributed by atoms with Crippen molar-refractivity contribution >= 4 is 22.9 Å². The Kier molecular flexibility index (Phi) is 3.45. The van der Waals surface area contributed by atoms with E-state index in [1.807, 2.05) is 19.1 Å². The number of aromatic amines is 1. The molecular formula is C19H14N8O. The zero-order chi connectivity index (χ0) is 19.3. The number of rotatable bonds is 2. The summed E-state index contributed by atoms with van der Waals surface area (Å²) in [5.74, 6) is 0.868. The fourth-order valence-corrected chi connectivity index (χ4v) is 3.69. The van der Waals surface area contributed by atoms with Gasteiger partial charge < -0.3 is 10.3 Å². The Morgan fingerprint density at radius 1 is 1.21 bits per heavy atom. The molecule has 136 valence electrons. The summed E-state index contributed by atoms with van der Waals surface area (Å²) in [6.07, 6.45) is 3.28. The first-order valence-corrected chi connectivity index (χ1v) is 8.69. The van der Waals surface area contributed by atoms with Gasteiger partial charge in [-0.2, -0.15) is 15.0 Å². The van der Waals surface area contributed by atoms with Crippen LogP contribution in [0.25, 0.3) is 17.0 Å². The van der Waals surface area contributed by atoms with Gasteiger partial charge in [-0.25, -0.2) is 15.0 Å². The smallest absolute Gasteiger partial charge is 0.226 e. The molecule has 0 aliphatic carbocycles. The van der Waals surface area contributed by atoms with Crippen molar-refractivity contribution in [3.8, 4) is 11.9 Å².